The van der Waals surface area contributed by atoms with Crippen molar-refractivity contribution in [3.8, 4) is 0 Å². The van der Waals surface area contributed by atoms with Gasteiger partial charge in [0.15, 0.2) is 0 Å². The van der Waals surface area contributed by atoms with Gasteiger partial charge in [-0.05, 0) is 117 Å². The molecule has 34 heavy (non-hydrogen) atoms. The van der Waals surface area contributed by atoms with Crippen molar-refractivity contribution in [3.05, 3.63) is 0 Å². The summed E-state index contributed by atoms with van der Waals surface area (Å²) in [4.78, 5) is 12.8. The van der Waals surface area contributed by atoms with E-state index in [9.17, 15) is 20.1 Å². The summed E-state index contributed by atoms with van der Waals surface area (Å²) >= 11 is 0. The average molecular weight is 475 g/mol. The molecule has 4 nitrogen and oxygen atoms in total. The number of hydrogen-bond acceptors (Lipinski definition) is 4. The van der Waals surface area contributed by atoms with E-state index in [1.54, 1.807) is 13.8 Å². The third kappa shape index (κ3) is 2.97. The van der Waals surface area contributed by atoms with Gasteiger partial charge in [-0.2, -0.15) is 0 Å². The van der Waals surface area contributed by atoms with Crippen molar-refractivity contribution >= 4 is 5.78 Å². The van der Waals surface area contributed by atoms with Gasteiger partial charge in [0.1, 0.15) is 11.9 Å². The molecule has 0 bridgehead atoms. The molecule has 5 fully saturated rings. The van der Waals surface area contributed by atoms with E-state index in [1.807, 2.05) is 0 Å². The van der Waals surface area contributed by atoms with E-state index >= 15 is 0 Å². The van der Waals surface area contributed by atoms with E-state index in [1.165, 1.54) is 44.9 Å². The van der Waals surface area contributed by atoms with Gasteiger partial charge >= 0.3 is 0 Å². The van der Waals surface area contributed by atoms with Crippen LogP contribution in [0.1, 0.15) is 113 Å². The minimum Gasteiger partial charge on any atom is -0.390 e. The van der Waals surface area contributed by atoms with E-state index in [0.717, 1.165) is 18.8 Å². The van der Waals surface area contributed by atoms with E-state index < -0.39 is 17.8 Å². The van der Waals surface area contributed by atoms with Crippen LogP contribution >= 0.6 is 0 Å². The Hall–Kier alpha value is -0.450. The van der Waals surface area contributed by atoms with Gasteiger partial charge in [0, 0.05) is 11.8 Å². The summed E-state index contributed by atoms with van der Waals surface area (Å²) in [5, 5.41) is 31.4. The topological polar surface area (TPSA) is 77.8 Å². The SMILES string of the molecule is C[C@H](C[C@@H](O)[C@H](O)C(C)(C)O)[C@H]1CC[C@@]2(C)[C@@H]3CC[C@H]4C(C)(C)C(=O)CC[C@@]45C[C@]35CC[C@]12C. The molecule has 0 aliphatic heterocycles. The van der Waals surface area contributed by atoms with Gasteiger partial charge in [-0.25, -0.2) is 0 Å². The summed E-state index contributed by atoms with van der Waals surface area (Å²) in [5.41, 5.74) is -0.0230. The van der Waals surface area contributed by atoms with Crippen LogP contribution in [0.4, 0.5) is 0 Å². The predicted octanol–water partition coefficient (Wildman–Crippen LogP) is 5.51. The Kier molecular flexibility index (Phi) is 5.42. The Morgan fingerprint density at radius 2 is 1.53 bits per heavy atom. The molecule has 194 valence electrons. The molecular formula is C30H50O4. The van der Waals surface area contributed by atoms with Crippen molar-refractivity contribution in [1.82, 2.24) is 0 Å². The van der Waals surface area contributed by atoms with Crippen molar-refractivity contribution in [2.24, 2.45) is 50.7 Å². The van der Waals surface area contributed by atoms with Gasteiger partial charge in [-0.3, -0.25) is 4.79 Å². The Morgan fingerprint density at radius 3 is 2.18 bits per heavy atom. The highest BCUT2D eigenvalue weighted by Gasteiger charge is 2.82. The normalized spacial score (nSPS) is 49.8. The van der Waals surface area contributed by atoms with Gasteiger partial charge < -0.3 is 15.3 Å². The zero-order chi connectivity index (χ0) is 25.1. The summed E-state index contributed by atoms with van der Waals surface area (Å²) in [7, 11) is 0. The highest BCUT2D eigenvalue weighted by atomic mass is 16.4. The first kappa shape index (κ1) is 25.2. The zero-order valence-electron chi connectivity index (χ0n) is 22.8. The Morgan fingerprint density at radius 1 is 0.912 bits per heavy atom. The highest BCUT2D eigenvalue weighted by Crippen LogP contribution is 2.88. The molecule has 0 aromatic heterocycles. The lowest BCUT2D eigenvalue weighted by atomic mass is 9.42. The minimum absolute atomic E-state index is 0.154. The molecular weight excluding hydrogens is 424 g/mol. The zero-order valence-corrected chi connectivity index (χ0v) is 22.8. The molecule has 0 radical (unpaired) electrons. The maximum atomic E-state index is 12.8. The van der Waals surface area contributed by atoms with E-state index in [0.29, 0.717) is 46.2 Å². The summed E-state index contributed by atoms with van der Waals surface area (Å²) in [5.74, 6) is 2.67. The largest absolute Gasteiger partial charge is 0.390 e. The smallest absolute Gasteiger partial charge is 0.138 e. The Balaban J connectivity index is 1.38. The van der Waals surface area contributed by atoms with Crippen LogP contribution in [-0.4, -0.2) is 38.9 Å². The first-order valence-corrected chi connectivity index (χ1v) is 14.2. The fraction of sp³-hybridized carbons (Fsp3) is 0.967. The lowest BCUT2D eigenvalue weighted by Gasteiger charge is -2.62. The van der Waals surface area contributed by atoms with Crippen LogP contribution in [0.25, 0.3) is 0 Å². The number of fused-ring (bicyclic) bond motifs is 2. The maximum absolute atomic E-state index is 12.8. The van der Waals surface area contributed by atoms with Gasteiger partial charge in [0.2, 0.25) is 0 Å². The number of carbonyl (C=O) groups excluding carboxylic acids is 1. The van der Waals surface area contributed by atoms with Gasteiger partial charge in [0.25, 0.3) is 0 Å². The van der Waals surface area contributed by atoms with Crippen molar-refractivity contribution in [2.75, 3.05) is 0 Å². The van der Waals surface area contributed by atoms with E-state index in [4.69, 9.17) is 0 Å². The average Bonchev–Trinajstić information content (AvgIpc) is 3.32. The molecule has 2 spiro atoms. The van der Waals surface area contributed by atoms with Crippen LogP contribution in [-0.2, 0) is 4.79 Å². The number of aliphatic hydroxyl groups is 3. The molecule has 0 saturated heterocycles. The number of rotatable bonds is 5. The van der Waals surface area contributed by atoms with Crippen molar-refractivity contribution in [3.63, 3.8) is 0 Å². The second-order valence-corrected chi connectivity index (χ2v) is 15.2. The van der Waals surface area contributed by atoms with Crippen molar-refractivity contribution in [1.29, 1.82) is 0 Å². The monoisotopic (exact) mass is 474 g/mol. The second kappa shape index (κ2) is 7.32. The van der Waals surface area contributed by atoms with Gasteiger partial charge in [-0.15, -0.1) is 0 Å². The molecule has 3 N–H and O–H groups in total. The van der Waals surface area contributed by atoms with Crippen LogP contribution in [0.15, 0.2) is 0 Å². The maximum Gasteiger partial charge on any atom is 0.138 e. The number of Topliss-reactive ketones (excluding diaryl/α,β-unsaturated/α-hetero) is 1. The number of aliphatic hydroxyl groups excluding tert-OH is 2. The van der Waals surface area contributed by atoms with E-state index in [-0.39, 0.29) is 10.8 Å². The van der Waals surface area contributed by atoms with Crippen LogP contribution in [0, 0.1) is 50.7 Å². The molecule has 0 unspecified atom stereocenters. The molecule has 4 heteroatoms. The fourth-order valence-electron chi connectivity index (χ4n) is 11.3. The molecule has 5 aliphatic carbocycles. The standard InChI is InChI=1S/C30H50O4/c1-18(16-20(31)24(33)26(4,5)34)19-10-12-28(7)22-9-8-21-25(2,3)23(32)11-13-29(21)17-30(22,29)15-14-27(19,28)6/h18-22,24,31,33-34H,8-17H2,1-7H3/t18-,19-,20-,21+,22+,24+,27-,28+,29-,30-/m1/s1. The number of carbonyl (C=O) groups is 1. The van der Waals surface area contributed by atoms with Crippen molar-refractivity contribution < 1.29 is 20.1 Å². The molecule has 5 saturated carbocycles. The lowest BCUT2D eigenvalue weighted by molar-refractivity contribution is -0.158. The van der Waals surface area contributed by atoms with Crippen LogP contribution in [0.3, 0.4) is 0 Å². The van der Waals surface area contributed by atoms with Crippen LogP contribution < -0.4 is 0 Å². The highest BCUT2D eigenvalue weighted by molar-refractivity contribution is 5.86. The Bertz CT molecular complexity index is 858. The third-order valence-electron chi connectivity index (χ3n) is 13.3. The summed E-state index contributed by atoms with van der Waals surface area (Å²) in [6.45, 7) is 15.0. The first-order chi connectivity index (χ1) is 15.6. The van der Waals surface area contributed by atoms with Crippen LogP contribution in [0.5, 0.6) is 0 Å². The van der Waals surface area contributed by atoms with Gasteiger partial charge in [0.05, 0.1) is 11.7 Å². The molecule has 0 aromatic carbocycles. The minimum atomic E-state index is -1.29. The lowest BCUT2D eigenvalue weighted by Crippen LogP contribution is -2.57. The molecule has 0 heterocycles. The first-order valence-electron chi connectivity index (χ1n) is 14.2. The summed E-state index contributed by atoms with van der Waals surface area (Å²) < 4.78 is 0. The fourth-order valence-corrected chi connectivity index (χ4v) is 11.3. The summed E-state index contributed by atoms with van der Waals surface area (Å²) in [6, 6.07) is 0. The van der Waals surface area contributed by atoms with E-state index in [2.05, 4.69) is 34.6 Å². The number of hydrogen-bond donors (Lipinski definition) is 3. The second-order valence-electron chi connectivity index (χ2n) is 15.2. The third-order valence-corrected chi connectivity index (χ3v) is 13.3. The molecule has 5 aliphatic rings. The van der Waals surface area contributed by atoms with Gasteiger partial charge in [-0.1, -0.05) is 34.6 Å². The molecule has 5 rings (SSSR count). The molecule has 10 atom stereocenters. The molecule has 0 amide bonds. The Labute approximate surface area is 207 Å². The van der Waals surface area contributed by atoms with Crippen molar-refractivity contribution in [2.45, 2.75) is 130 Å². The number of ketones is 1. The predicted molar refractivity (Wildman–Crippen MR) is 134 cm³/mol. The quantitative estimate of drug-likeness (QED) is 0.491. The van der Waals surface area contributed by atoms with Crippen LogP contribution in [0.2, 0.25) is 0 Å². The summed E-state index contributed by atoms with van der Waals surface area (Å²) in [6.07, 6.45) is 9.30. The molecule has 0 aromatic rings.